The van der Waals surface area contributed by atoms with Crippen molar-refractivity contribution in [2.75, 3.05) is 12.8 Å². The molecule has 1 saturated carbocycles. The summed E-state index contributed by atoms with van der Waals surface area (Å²) >= 11 is 1.90. The average molecular weight is 278 g/mol. The predicted molar refractivity (Wildman–Crippen MR) is 81.6 cm³/mol. The summed E-state index contributed by atoms with van der Waals surface area (Å²) < 4.78 is 0. The number of hydrogen-bond donors (Lipinski definition) is 2. The highest BCUT2D eigenvalue weighted by Gasteiger charge is 2.25. The zero-order chi connectivity index (χ0) is 13.7. The molecule has 1 aromatic carbocycles. The van der Waals surface area contributed by atoms with Crippen molar-refractivity contribution in [1.82, 2.24) is 5.32 Å². The van der Waals surface area contributed by atoms with Gasteiger partial charge in [0.05, 0.1) is 0 Å². The van der Waals surface area contributed by atoms with E-state index in [-0.39, 0.29) is 5.91 Å². The minimum absolute atomic E-state index is 0.0473. The molecule has 104 valence electrons. The lowest BCUT2D eigenvalue weighted by atomic mass is 10.1. The van der Waals surface area contributed by atoms with Crippen LogP contribution < -0.4 is 11.1 Å². The number of nitrogens with one attached hydrogen (secondary N) is 1. The van der Waals surface area contributed by atoms with Gasteiger partial charge < -0.3 is 11.1 Å². The molecule has 2 unspecified atom stereocenters. The molecule has 19 heavy (non-hydrogen) atoms. The van der Waals surface area contributed by atoms with Crippen molar-refractivity contribution in [3.8, 4) is 0 Å². The zero-order valence-corrected chi connectivity index (χ0v) is 12.2. The van der Waals surface area contributed by atoms with Crippen molar-refractivity contribution >= 4 is 17.7 Å². The van der Waals surface area contributed by atoms with E-state index in [0.29, 0.717) is 17.8 Å². The number of thioether (sulfide) groups is 1. The minimum Gasteiger partial charge on any atom is -0.349 e. The van der Waals surface area contributed by atoms with Crippen LogP contribution in [-0.2, 0) is 6.42 Å². The van der Waals surface area contributed by atoms with E-state index in [2.05, 4.69) is 11.6 Å². The molecule has 2 atom stereocenters. The summed E-state index contributed by atoms with van der Waals surface area (Å²) in [6, 6.07) is 8.10. The first-order chi connectivity index (χ1) is 9.22. The van der Waals surface area contributed by atoms with Crippen molar-refractivity contribution in [3.63, 3.8) is 0 Å². The fourth-order valence-corrected chi connectivity index (χ4v) is 3.34. The van der Waals surface area contributed by atoms with E-state index in [9.17, 15) is 4.79 Å². The van der Waals surface area contributed by atoms with Gasteiger partial charge >= 0.3 is 0 Å². The van der Waals surface area contributed by atoms with Gasteiger partial charge in [-0.25, -0.2) is 0 Å². The second-order valence-electron chi connectivity index (χ2n) is 5.08. The van der Waals surface area contributed by atoms with Crippen LogP contribution in [0.25, 0.3) is 0 Å². The molecular weight excluding hydrogens is 256 g/mol. The number of carbonyl (C=O) groups excluding carboxylic acids is 1. The molecule has 0 radical (unpaired) electrons. The Kier molecular flexibility index (Phi) is 5.28. The number of benzene rings is 1. The van der Waals surface area contributed by atoms with E-state index < -0.39 is 0 Å². The molecule has 3 nitrogen and oxygen atoms in total. The molecule has 0 aliphatic heterocycles. The Labute approximate surface area is 119 Å². The number of hydrogen-bond acceptors (Lipinski definition) is 3. The molecule has 2 rings (SSSR count). The average Bonchev–Trinajstić information content (AvgIpc) is 2.87. The van der Waals surface area contributed by atoms with Crippen LogP contribution in [0, 0.1) is 0 Å². The maximum atomic E-state index is 12.1. The van der Waals surface area contributed by atoms with Gasteiger partial charge in [-0.1, -0.05) is 12.1 Å². The summed E-state index contributed by atoms with van der Waals surface area (Å²) in [6.07, 6.45) is 6.41. The molecule has 3 N–H and O–H groups in total. The second kappa shape index (κ2) is 6.96. The standard InChI is InChI=1S/C15H22N2OS/c1-19-14-7-6-13(10-14)17-15(18)12-4-2-11(3-5-12)8-9-16/h2-5,13-14H,6-10,16H2,1H3,(H,17,18). The van der Waals surface area contributed by atoms with E-state index in [0.717, 1.165) is 24.8 Å². The lowest BCUT2D eigenvalue weighted by Gasteiger charge is -2.13. The lowest BCUT2D eigenvalue weighted by molar-refractivity contribution is 0.0938. The summed E-state index contributed by atoms with van der Waals surface area (Å²) in [5.74, 6) is 0.0473. The Morgan fingerprint density at radius 3 is 2.68 bits per heavy atom. The lowest BCUT2D eigenvalue weighted by Crippen LogP contribution is -2.33. The Balaban J connectivity index is 1.89. The third-order valence-corrected chi connectivity index (χ3v) is 4.80. The number of nitrogens with two attached hydrogens (primary N) is 1. The smallest absolute Gasteiger partial charge is 0.251 e. The van der Waals surface area contributed by atoms with Crippen molar-refractivity contribution in [2.24, 2.45) is 5.73 Å². The molecule has 4 heteroatoms. The Bertz CT molecular complexity index is 419. The maximum Gasteiger partial charge on any atom is 0.251 e. The molecule has 1 amide bonds. The number of carbonyl (C=O) groups is 1. The van der Waals surface area contributed by atoms with Crippen LogP contribution in [0.4, 0.5) is 0 Å². The van der Waals surface area contributed by atoms with Crippen molar-refractivity contribution in [1.29, 1.82) is 0 Å². The van der Waals surface area contributed by atoms with E-state index >= 15 is 0 Å². The molecule has 0 heterocycles. The predicted octanol–water partition coefficient (Wildman–Crippen LogP) is 2.20. The summed E-state index contributed by atoms with van der Waals surface area (Å²) in [4.78, 5) is 12.1. The molecule has 0 saturated heterocycles. The Morgan fingerprint density at radius 1 is 1.37 bits per heavy atom. The fourth-order valence-electron chi connectivity index (χ4n) is 2.54. The minimum atomic E-state index is 0.0473. The van der Waals surface area contributed by atoms with Gasteiger partial charge in [0, 0.05) is 16.9 Å². The molecule has 0 spiro atoms. The monoisotopic (exact) mass is 278 g/mol. The fraction of sp³-hybridized carbons (Fsp3) is 0.533. The molecule has 1 aliphatic rings. The largest absolute Gasteiger partial charge is 0.349 e. The van der Waals surface area contributed by atoms with Gasteiger partial charge in [-0.05, 0) is 56.2 Å². The quantitative estimate of drug-likeness (QED) is 0.868. The van der Waals surface area contributed by atoms with Crippen LogP contribution in [0.15, 0.2) is 24.3 Å². The first kappa shape index (κ1) is 14.4. The topological polar surface area (TPSA) is 55.1 Å². The second-order valence-corrected chi connectivity index (χ2v) is 6.21. The van der Waals surface area contributed by atoms with Crippen LogP contribution in [0.2, 0.25) is 0 Å². The molecule has 1 fully saturated rings. The Morgan fingerprint density at radius 2 is 2.11 bits per heavy atom. The molecule has 1 aromatic rings. The first-order valence-corrected chi connectivity index (χ1v) is 8.14. The van der Waals surface area contributed by atoms with E-state index in [1.807, 2.05) is 36.0 Å². The highest BCUT2D eigenvalue weighted by Crippen LogP contribution is 2.28. The van der Waals surface area contributed by atoms with Crippen LogP contribution in [-0.4, -0.2) is 30.0 Å². The zero-order valence-electron chi connectivity index (χ0n) is 11.4. The van der Waals surface area contributed by atoms with Crippen LogP contribution in [0.5, 0.6) is 0 Å². The van der Waals surface area contributed by atoms with Gasteiger partial charge in [-0.3, -0.25) is 4.79 Å². The van der Waals surface area contributed by atoms with E-state index in [1.54, 1.807) is 0 Å². The first-order valence-electron chi connectivity index (χ1n) is 6.85. The summed E-state index contributed by atoms with van der Waals surface area (Å²) in [5, 5.41) is 3.84. The van der Waals surface area contributed by atoms with Gasteiger partial charge in [0.25, 0.3) is 5.91 Å². The summed E-state index contributed by atoms with van der Waals surface area (Å²) in [5.41, 5.74) is 7.44. The van der Waals surface area contributed by atoms with Crippen molar-refractivity contribution in [3.05, 3.63) is 35.4 Å². The molecule has 0 aromatic heterocycles. The summed E-state index contributed by atoms with van der Waals surface area (Å²) in [7, 11) is 0. The van der Waals surface area contributed by atoms with Gasteiger partial charge in [-0.2, -0.15) is 11.8 Å². The van der Waals surface area contributed by atoms with Crippen LogP contribution in [0.1, 0.15) is 35.2 Å². The molecule has 1 aliphatic carbocycles. The molecule has 0 bridgehead atoms. The van der Waals surface area contributed by atoms with Crippen molar-refractivity contribution < 1.29 is 4.79 Å². The van der Waals surface area contributed by atoms with Crippen LogP contribution in [0.3, 0.4) is 0 Å². The van der Waals surface area contributed by atoms with E-state index in [4.69, 9.17) is 5.73 Å². The number of amides is 1. The SMILES string of the molecule is CSC1CCC(NC(=O)c2ccc(CCN)cc2)C1. The number of rotatable bonds is 5. The molecular formula is C15H22N2OS. The van der Waals surface area contributed by atoms with Crippen molar-refractivity contribution in [2.45, 2.75) is 37.0 Å². The third kappa shape index (κ3) is 3.98. The maximum absolute atomic E-state index is 12.1. The van der Waals surface area contributed by atoms with E-state index in [1.165, 1.54) is 12.0 Å². The Hall–Kier alpha value is -1.00. The van der Waals surface area contributed by atoms with Gasteiger partial charge in [0.15, 0.2) is 0 Å². The van der Waals surface area contributed by atoms with Gasteiger partial charge in [0.2, 0.25) is 0 Å². The van der Waals surface area contributed by atoms with Crippen LogP contribution >= 0.6 is 11.8 Å². The highest BCUT2D eigenvalue weighted by atomic mass is 32.2. The third-order valence-electron chi connectivity index (χ3n) is 3.70. The highest BCUT2D eigenvalue weighted by molar-refractivity contribution is 7.99. The summed E-state index contributed by atoms with van der Waals surface area (Å²) in [6.45, 7) is 0.643. The van der Waals surface area contributed by atoms with Gasteiger partial charge in [-0.15, -0.1) is 0 Å². The normalized spacial score (nSPS) is 22.4. The van der Waals surface area contributed by atoms with Gasteiger partial charge in [0.1, 0.15) is 0 Å².